The van der Waals surface area contributed by atoms with E-state index in [9.17, 15) is 0 Å². The maximum absolute atomic E-state index is 6.19. The van der Waals surface area contributed by atoms with Crippen molar-refractivity contribution in [2.75, 3.05) is 6.54 Å². The van der Waals surface area contributed by atoms with Crippen LogP contribution in [-0.4, -0.2) is 29.3 Å². The van der Waals surface area contributed by atoms with E-state index in [4.69, 9.17) is 4.74 Å². The van der Waals surface area contributed by atoms with Crippen molar-refractivity contribution in [3.8, 4) is 0 Å². The Labute approximate surface area is 118 Å². The van der Waals surface area contributed by atoms with Crippen LogP contribution in [0.2, 0.25) is 0 Å². The molecule has 0 saturated carbocycles. The Bertz CT molecular complexity index is 383. The van der Waals surface area contributed by atoms with Gasteiger partial charge in [0, 0.05) is 12.6 Å². The Kier molecular flexibility index (Phi) is 4.22. The summed E-state index contributed by atoms with van der Waals surface area (Å²) in [5.41, 5.74) is 1.23. The summed E-state index contributed by atoms with van der Waals surface area (Å²) in [4.78, 5) is 2.55. The average molecular weight is 263 g/mol. The average Bonchev–Trinajstić information content (AvgIpc) is 2.58. The van der Waals surface area contributed by atoms with E-state index in [-0.39, 0.29) is 5.72 Å². The molecule has 2 rings (SSSR count). The second-order valence-electron chi connectivity index (χ2n) is 6.73. The van der Waals surface area contributed by atoms with E-state index in [1.165, 1.54) is 5.57 Å². The van der Waals surface area contributed by atoms with Gasteiger partial charge in [-0.1, -0.05) is 44.6 Å². The number of hydrogen-bond donors (Lipinski definition) is 0. The summed E-state index contributed by atoms with van der Waals surface area (Å²) in [7, 11) is 0. The molecular formula is C17H29NO. The minimum Gasteiger partial charge on any atom is -0.356 e. The summed E-state index contributed by atoms with van der Waals surface area (Å²) >= 11 is 0. The fraction of sp³-hybridized carbons (Fsp3) is 0.765. The monoisotopic (exact) mass is 263 g/mol. The Hall–Kier alpha value is -0.600. The lowest BCUT2D eigenvalue weighted by Crippen LogP contribution is -2.48. The molecule has 1 aliphatic carbocycles. The second kappa shape index (κ2) is 5.41. The van der Waals surface area contributed by atoms with Crippen LogP contribution in [0.25, 0.3) is 0 Å². The highest BCUT2D eigenvalue weighted by Crippen LogP contribution is 2.36. The third kappa shape index (κ3) is 2.95. The van der Waals surface area contributed by atoms with Gasteiger partial charge in [0.15, 0.2) is 0 Å². The van der Waals surface area contributed by atoms with Gasteiger partial charge in [-0.05, 0) is 39.0 Å². The Morgan fingerprint density at radius 2 is 2.05 bits per heavy atom. The molecule has 4 unspecified atom stereocenters. The van der Waals surface area contributed by atoms with Gasteiger partial charge in [0.25, 0.3) is 0 Å². The zero-order chi connectivity index (χ0) is 14.2. The molecule has 2 heteroatoms. The fourth-order valence-corrected chi connectivity index (χ4v) is 3.39. The van der Waals surface area contributed by atoms with Gasteiger partial charge >= 0.3 is 0 Å². The highest BCUT2D eigenvalue weighted by Gasteiger charge is 2.43. The first-order chi connectivity index (χ1) is 8.85. The molecule has 0 amide bonds. The minimum absolute atomic E-state index is 0.151. The molecule has 2 aliphatic rings. The molecule has 1 heterocycles. The molecule has 0 aromatic rings. The number of nitrogens with zero attached hydrogens (tertiary/aromatic N) is 1. The van der Waals surface area contributed by atoms with Crippen molar-refractivity contribution in [2.24, 2.45) is 11.8 Å². The highest BCUT2D eigenvalue weighted by molar-refractivity contribution is 5.23. The van der Waals surface area contributed by atoms with Crippen molar-refractivity contribution >= 4 is 0 Å². The lowest BCUT2D eigenvalue weighted by molar-refractivity contribution is -0.0902. The fourth-order valence-electron chi connectivity index (χ4n) is 3.39. The van der Waals surface area contributed by atoms with Crippen molar-refractivity contribution in [3.05, 3.63) is 23.8 Å². The summed E-state index contributed by atoms with van der Waals surface area (Å²) in [5, 5.41) is 0. The zero-order valence-electron chi connectivity index (χ0n) is 13.3. The van der Waals surface area contributed by atoms with Gasteiger partial charge in [0.05, 0.1) is 6.10 Å². The van der Waals surface area contributed by atoms with Gasteiger partial charge in [0.1, 0.15) is 5.72 Å². The van der Waals surface area contributed by atoms with Gasteiger partial charge in [-0.25, -0.2) is 0 Å². The largest absolute Gasteiger partial charge is 0.356 e. The summed E-state index contributed by atoms with van der Waals surface area (Å²) < 4.78 is 6.19. The molecule has 2 nitrogen and oxygen atoms in total. The summed E-state index contributed by atoms with van der Waals surface area (Å²) in [5.74, 6) is 1.23. The van der Waals surface area contributed by atoms with Crippen LogP contribution in [0.15, 0.2) is 23.8 Å². The molecule has 0 aromatic carbocycles. The van der Waals surface area contributed by atoms with Gasteiger partial charge in [0.2, 0.25) is 0 Å². The van der Waals surface area contributed by atoms with E-state index in [1.807, 2.05) is 0 Å². The number of hydrogen-bond acceptors (Lipinski definition) is 2. The van der Waals surface area contributed by atoms with Gasteiger partial charge in [-0.2, -0.15) is 0 Å². The molecule has 19 heavy (non-hydrogen) atoms. The molecule has 108 valence electrons. The number of allylic oxidation sites excluding steroid dienone is 3. The highest BCUT2D eigenvalue weighted by atomic mass is 16.5. The smallest absolute Gasteiger partial charge is 0.117 e. The Morgan fingerprint density at radius 1 is 1.37 bits per heavy atom. The lowest BCUT2D eigenvalue weighted by atomic mass is 9.87. The molecule has 0 N–H and O–H groups in total. The lowest BCUT2D eigenvalue weighted by Gasteiger charge is -2.39. The van der Waals surface area contributed by atoms with Crippen molar-refractivity contribution < 1.29 is 4.74 Å². The van der Waals surface area contributed by atoms with Crippen LogP contribution in [0.3, 0.4) is 0 Å². The standard InChI is InChI=1S/C17H29NO/c1-7-15-11-18(17(5,6)19-15)16-9-8-12(2)10-13(3)14(16)4/h8-10,13-16H,7,11H2,1-6H3. The van der Waals surface area contributed by atoms with Crippen molar-refractivity contribution in [1.82, 2.24) is 4.90 Å². The first-order valence-electron chi connectivity index (χ1n) is 7.66. The second-order valence-corrected chi connectivity index (χ2v) is 6.73. The summed E-state index contributed by atoms with van der Waals surface area (Å²) in [6, 6.07) is 0.468. The van der Waals surface area contributed by atoms with Crippen molar-refractivity contribution in [3.63, 3.8) is 0 Å². The summed E-state index contributed by atoms with van der Waals surface area (Å²) in [6.07, 6.45) is 8.52. The van der Waals surface area contributed by atoms with Crippen LogP contribution in [-0.2, 0) is 4.74 Å². The van der Waals surface area contributed by atoms with Crippen LogP contribution in [0.1, 0.15) is 48.0 Å². The molecule has 0 bridgehead atoms. The van der Waals surface area contributed by atoms with E-state index in [2.05, 4.69) is 64.7 Å². The number of rotatable bonds is 2. The minimum atomic E-state index is -0.151. The van der Waals surface area contributed by atoms with E-state index in [0.717, 1.165) is 13.0 Å². The SMILES string of the molecule is CCC1CN(C2C=CC(C)=CC(C)C2C)C(C)(C)O1. The van der Waals surface area contributed by atoms with Crippen LogP contribution in [0.4, 0.5) is 0 Å². The predicted octanol–water partition coefficient (Wildman–Crippen LogP) is 3.99. The van der Waals surface area contributed by atoms with E-state index >= 15 is 0 Å². The number of ether oxygens (including phenoxy) is 1. The normalized spacial score (nSPS) is 39.2. The third-order valence-corrected chi connectivity index (χ3v) is 4.81. The van der Waals surface area contributed by atoms with Crippen molar-refractivity contribution in [2.45, 2.75) is 65.8 Å². The predicted molar refractivity (Wildman–Crippen MR) is 81.0 cm³/mol. The van der Waals surface area contributed by atoms with E-state index in [1.54, 1.807) is 0 Å². The van der Waals surface area contributed by atoms with Gasteiger partial charge in [-0.15, -0.1) is 0 Å². The maximum Gasteiger partial charge on any atom is 0.117 e. The molecule has 0 aromatic heterocycles. The quantitative estimate of drug-likeness (QED) is 0.747. The Balaban J connectivity index is 2.23. The Morgan fingerprint density at radius 3 is 2.63 bits per heavy atom. The maximum atomic E-state index is 6.19. The van der Waals surface area contributed by atoms with Crippen molar-refractivity contribution in [1.29, 1.82) is 0 Å². The molecule has 1 saturated heterocycles. The molecule has 0 spiro atoms. The zero-order valence-corrected chi connectivity index (χ0v) is 13.3. The van der Waals surface area contributed by atoms with E-state index in [0.29, 0.717) is 24.0 Å². The van der Waals surface area contributed by atoms with Gasteiger partial charge < -0.3 is 4.74 Å². The molecule has 4 atom stereocenters. The van der Waals surface area contributed by atoms with Crippen LogP contribution < -0.4 is 0 Å². The molecule has 1 aliphatic heterocycles. The van der Waals surface area contributed by atoms with E-state index < -0.39 is 0 Å². The first-order valence-corrected chi connectivity index (χ1v) is 7.66. The molecule has 1 fully saturated rings. The van der Waals surface area contributed by atoms with Crippen LogP contribution in [0, 0.1) is 11.8 Å². The molecule has 0 radical (unpaired) electrons. The van der Waals surface area contributed by atoms with Crippen LogP contribution >= 0.6 is 0 Å². The van der Waals surface area contributed by atoms with Crippen LogP contribution in [0.5, 0.6) is 0 Å². The first kappa shape index (κ1) is 14.8. The molecular weight excluding hydrogens is 234 g/mol. The third-order valence-electron chi connectivity index (χ3n) is 4.81. The topological polar surface area (TPSA) is 12.5 Å². The summed E-state index contributed by atoms with van der Waals surface area (Å²) in [6.45, 7) is 14.6. The van der Waals surface area contributed by atoms with Gasteiger partial charge in [-0.3, -0.25) is 4.90 Å².